The summed E-state index contributed by atoms with van der Waals surface area (Å²) in [6.07, 6.45) is 0.744. The predicted molar refractivity (Wildman–Crippen MR) is 120 cm³/mol. The molecule has 1 atom stereocenters. The summed E-state index contributed by atoms with van der Waals surface area (Å²) in [5.74, 6) is -0.942. The second-order valence-corrected chi connectivity index (χ2v) is 8.05. The van der Waals surface area contributed by atoms with Crippen molar-refractivity contribution in [1.82, 2.24) is 10.3 Å². The maximum Gasteiger partial charge on any atom is 0.307 e. The molecule has 2 aromatic rings. The zero-order chi connectivity index (χ0) is 22.2. The molecule has 0 saturated heterocycles. The average Bonchev–Trinajstić information content (AvgIpc) is 3.28. The molecule has 0 radical (unpaired) electrons. The molecule has 0 bridgehead atoms. The Morgan fingerprint density at radius 2 is 1.90 bits per heavy atom. The minimum absolute atomic E-state index is 0.00347. The van der Waals surface area contributed by atoms with Gasteiger partial charge < -0.3 is 10.1 Å². The van der Waals surface area contributed by atoms with E-state index in [1.165, 1.54) is 12.1 Å². The van der Waals surface area contributed by atoms with Gasteiger partial charge in [0, 0.05) is 23.7 Å². The molecule has 31 heavy (non-hydrogen) atoms. The number of halogens is 1. The molecule has 1 aliphatic heterocycles. The van der Waals surface area contributed by atoms with Gasteiger partial charge in [-0.1, -0.05) is 58.4 Å². The molecule has 7 nitrogen and oxygen atoms in total. The lowest BCUT2D eigenvalue weighted by molar-refractivity contribution is -0.141. The molecule has 0 aliphatic carbocycles. The van der Waals surface area contributed by atoms with Crippen molar-refractivity contribution in [2.24, 2.45) is 5.10 Å². The first-order valence-corrected chi connectivity index (χ1v) is 10.8. The Morgan fingerprint density at radius 1 is 1.13 bits per heavy atom. The van der Waals surface area contributed by atoms with Gasteiger partial charge in [-0.2, -0.15) is 5.10 Å². The van der Waals surface area contributed by atoms with E-state index >= 15 is 0 Å². The lowest BCUT2D eigenvalue weighted by atomic mass is 10.0. The zero-order valence-corrected chi connectivity index (χ0v) is 18.8. The number of carbonyl (C=O) groups excluding carboxylic acids is 3. The highest BCUT2D eigenvalue weighted by Gasteiger charge is 2.23. The van der Waals surface area contributed by atoms with Gasteiger partial charge in [-0.3, -0.25) is 14.4 Å². The number of rotatable bonds is 8. The van der Waals surface area contributed by atoms with Gasteiger partial charge in [-0.05, 0) is 23.3 Å². The first kappa shape index (κ1) is 22.7. The van der Waals surface area contributed by atoms with E-state index in [4.69, 9.17) is 4.74 Å². The number of hydrazone groups is 1. The smallest absolute Gasteiger partial charge is 0.307 e. The number of esters is 1. The molecule has 3 rings (SSSR count). The van der Waals surface area contributed by atoms with Gasteiger partial charge in [0.1, 0.15) is 0 Å². The molecule has 0 spiro atoms. The largest absolute Gasteiger partial charge is 0.469 e. The van der Waals surface area contributed by atoms with Crippen molar-refractivity contribution in [3.63, 3.8) is 0 Å². The van der Waals surface area contributed by atoms with Crippen LogP contribution in [0.25, 0.3) is 0 Å². The number of ether oxygens (including phenoxy) is 1. The van der Waals surface area contributed by atoms with E-state index in [2.05, 4.69) is 26.3 Å². The van der Waals surface area contributed by atoms with Gasteiger partial charge in [-0.15, -0.1) is 0 Å². The van der Waals surface area contributed by atoms with Gasteiger partial charge in [0.2, 0.25) is 11.8 Å². The molecule has 1 aliphatic rings. The topological polar surface area (TPSA) is 88.1 Å². The summed E-state index contributed by atoms with van der Waals surface area (Å²) in [6, 6.07) is 16.5. The molecule has 0 saturated carbocycles. The van der Waals surface area contributed by atoms with Crippen molar-refractivity contribution in [3.8, 4) is 0 Å². The molecule has 2 aromatic carbocycles. The van der Waals surface area contributed by atoms with Gasteiger partial charge in [0.25, 0.3) is 0 Å². The Hall–Kier alpha value is -3.00. The Kier molecular flexibility index (Phi) is 7.94. The van der Waals surface area contributed by atoms with Crippen LogP contribution in [-0.4, -0.2) is 42.2 Å². The van der Waals surface area contributed by atoms with Gasteiger partial charge in [0.15, 0.2) is 0 Å². The summed E-state index contributed by atoms with van der Waals surface area (Å²) in [5, 5.41) is 8.67. The maximum absolute atomic E-state index is 12.5. The van der Waals surface area contributed by atoms with Crippen LogP contribution in [0.1, 0.15) is 42.9 Å². The van der Waals surface area contributed by atoms with Gasteiger partial charge in [0.05, 0.1) is 31.8 Å². The van der Waals surface area contributed by atoms with E-state index in [1.807, 2.05) is 54.6 Å². The van der Waals surface area contributed by atoms with Crippen LogP contribution in [0, 0.1) is 0 Å². The number of methoxy groups -OCH3 is 1. The second-order valence-electron chi connectivity index (χ2n) is 7.13. The quantitative estimate of drug-likeness (QED) is 0.578. The van der Waals surface area contributed by atoms with Crippen molar-refractivity contribution in [1.29, 1.82) is 0 Å². The second kappa shape index (κ2) is 10.9. The minimum atomic E-state index is -0.540. The third kappa shape index (κ3) is 6.49. The summed E-state index contributed by atoms with van der Waals surface area (Å²) in [5.41, 5.74) is 2.64. The number of carbonyl (C=O) groups is 3. The van der Waals surface area contributed by atoms with E-state index in [-0.39, 0.29) is 31.1 Å². The first-order valence-electron chi connectivity index (χ1n) is 10.0. The standard InChI is InChI=1S/C23H24BrN3O4/c1-31-23(30)15-20(17-8-5-9-18(24)14-17)25-21(28)10-11-22(29)27-13-12-19(26-27)16-6-3-2-4-7-16/h2-9,14,20H,10-13,15H2,1H3,(H,25,28). The Morgan fingerprint density at radius 3 is 2.61 bits per heavy atom. The molecular weight excluding hydrogens is 462 g/mol. The average molecular weight is 486 g/mol. The van der Waals surface area contributed by atoms with Crippen LogP contribution in [0.5, 0.6) is 0 Å². The molecule has 2 amide bonds. The van der Waals surface area contributed by atoms with E-state index in [0.29, 0.717) is 13.0 Å². The highest BCUT2D eigenvalue weighted by molar-refractivity contribution is 9.10. The molecule has 1 unspecified atom stereocenters. The molecule has 0 fully saturated rings. The fourth-order valence-corrected chi connectivity index (χ4v) is 3.73. The van der Waals surface area contributed by atoms with E-state index in [1.54, 1.807) is 0 Å². The van der Waals surface area contributed by atoms with E-state index in [9.17, 15) is 14.4 Å². The molecular formula is C23H24BrN3O4. The van der Waals surface area contributed by atoms with Gasteiger partial charge in [-0.25, -0.2) is 5.01 Å². The van der Waals surface area contributed by atoms with Gasteiger partial charge >= 0.3 is 5.97 Å². The number of hydrogen-bond donors (Lipinski definition) is 1. The number of amides is 2. The number of nitrogens with zero attached hydrogens (tertiary/aromatic N) is 2. The summed E-state index contributed by atoms with van der Waals surface area (Å²) in [6.45, 7) is 0.508. The minimum Gasteiger partial charge on any atom is -0.469 e. The third-order valence-electron chi connectivity index (χ3n) is 4.95. The van der Waals surface area contributed by atoms with Crippen LogP contribution in [-0.2, 0) is 19.1 Å². The van der Waals surface area contributed by atoms with Crippen molar-refractivity contribution >= 4 is 39.4 Å². The van der Waals surface area contributed by atoms with Crippen molar-refractivity contribution in [3.05, 3.63) is 70.2 Å². The fourth-order valence-electron chi connectivity index (χ4n) is 3.31. The normalized spacial score (nSPS) is 14.0. The SMILES string of the molecule is COC(=O)CC(NC(=O)CCC(=O)N1CCC(c2ccccc2)=N1)c1cccc(Br)c1. The van der Waals surface area contributed by atoms with Crippen molar-refractivity contribution in [2.75, 3.05) is 13.7 Å². The van der Waals surface area contributed by atoms with Crippen molar-refractivity contribution in [2.45, 2.75) is 31.7 Å². The lowest BCUT2D eigenvalue weighted by Crippen LogP contribution is -2.32. The van der Waals surface area contributed by atoms with E-state index < -0.39 is 12.0 Å². The molecule has 8 heteroatoms. The summed E-state index contributed by atoms with van der Waals surface area (Å²) < 4.78 is 5.59. The van der Waals surface area contributed by atoms with Crippen LogP contribution in [0.3, 0.4) is 0 Å². The zero-order valence-electron chi connectivity index (χ0n) is 17.2. The number of nitrogens with one attached hydrogen (secondary N) is 1. The summed E-state index contributed by atoms with van der Waals surface area (Å²) >= 11 is 3.40. The first-order chi connectivity index (χ1) is 15.0. The fraction of sp³-hybridized carbons (Fsp3) is 0.304. The summed E-state index contributed by atoms with van der Waals surface area (Å²) in [7, 11) is 1.31. The number of hydrogen-bond acceptors (Lipinski definition) is 5. The van der Waals surface area contributed by atoms with Crippen LogP contribution >= 0.6 is 15.9 Å². The summed E-state index contributed by atoms with van der Waals surface area (Å²) in [4.78, 5) is 36.8. The monoisotopic (exact) mass is 485 g/mol. The van der Waals surface area contributed by atoms with Crippen LogP contribution in [0.2, 0.25) is 0 Å². The van der Waals surface area contributed by atoms with Crippen LogP contribution < -0.4 is 5.32 Å². The van der Waals surface area contributed by atoms with Crippen LogP contribution in [0.4, 0.5) is 0 Å². The van der Waals surface area contributed by atoms with Crippen molar-refractivity contribution < 1.29 is 19.1 Å². The van der Waals surface area contributed by atoms with E-state index in [0.717, 1.165) is 21.3 Å². The third-order valence-corrected chi connectivity index (χ3v) is 5.44. The molecule has 1 N–H and O–H groups in total. The highest BCUT2D eigenvalue weighted by Crippen LogP contribution is 2.22. The highest BCUT2D eigenvalue weighted by atomic mass is 79.9. The molecule has 0 aromatic heterocycles. The Bertz CT molecular complexity index is 978. The molecule has 1 heterocycles. The maximum atomic E-state index is 12.5. The molecule has 162 valence electrons. The number of benzene rings is 2. The lowest BCUT2D eigenvalue weighted by Gasteiger charge is -2.19. The predicted octanol–water partition coefficient (Wildman–Crippen LogP) is 3.59. The Labute approximate surface area is 189 Å². The van der Waals surface area contributed by atoms with Crippen LogP contribution in [0.15, 0.2) is 64.2 Å². The Balaban J connectivity index is 1.57.